The van der Waals surface area contributed by atoms with Gasteiger partial charge in [-0.25, -0.2) is 4.98 Å². The van der Waals surface area contributed by atoms with Crippen LogP contribution >= 0.6 is 0 Å². The number of ether oxygens (including phenoxy) is 1. The minimum Gasteiger partial charge on any atom is -0.492 e. The van der Waals surface area contributed by atoms with E-state index < -0.39 is 11.7 Å². The van der Waals surface area contributed by atoms with Crippen molar-refractivity contribution in [3.05, 3.63) is 17.8 Å². The number of hydrogen-bond donors (Lipinski definition) is 0. The standard InChI is InChI=1S/C16H23F3N2O/c1-11(2)5-6-22-12-7-13(16(17,18)19)14(20-8-12)21-9-15(3,4)10-21/h7-8,11H,5-6,9-10H2,1-4H3. The lowest BCUT2D eigenvalue weighted by atomic mass is 9.84. The largest absolute Gasteiger partial charge is 0.492 e. The predicted octanol–water partition coefficient (Wildman–Crippen LogP) is 4.37. The molecule has 0 radical (unpaired) electrons. The van der Waals surface area contributed by atoms with Crippen LogP contribution in [0, 0.1) is 11.3 Å². The maximum absolute atomic E-state index is 13.3. The maximum atomic E-state index is 13.3. The van der Waals surface area contributed by atoms with Crippen LogP contribution < -0.4 is 9.64 Å². The first kappa shape index (κ1) is 16.9. The molecule has 0 aromatic carbocycles. The maximum Gasteiger partial charge on any atom is 0.420 e. The zero-order valence-corrected chi connectivity index (χ0v) is 13.5. The summed E-state index contributed by atoms with van der Waals surface area (Å²) in [5.41, 5.74) is -0.679. The molecule has 0 aliphatic carbocycles. The van der Waals surface area contributed by atoms with E-state index in [2.05, 4.69) is 4.98 Å². The molecule has 1 aliphatic rings. The van der Waals surface area contributed by atoms with Gasteiger partial charge in [-0.2, -0.15) is 13.2 Å². The SMILES string of the molecule is CC(C)CCOc1cnc(N2CC(C)(C)C2)c(C(F)(F)F)c1. The fourth-order valence-electron chi connectivity index (χ4n) is 2.53. The van der Waals surface area contributed by atoms with Crippen molar-refractivity contribution in [3.63, 3.8) is 0 Å². The molecule has 1 aromatic heterocycles. The van der Waals surface area contributed by atoms with Crippen LogP contribution in [-0.2, 0) is 6.18 Å². The highest BCUT2D eigenvalue weighted by molar-refractivity contribution is 5.53. The highest BCUT2D eigenvalue weighted by Gasteiger charge is 2.42. The van der Waals surface area contributed by atoms with Crippen molar-refractivity contribution in [2.45, 2.75) is 40.3 Å². The van der Waals surface area contributed by atoms with Crippen LogP contribution in [0.25, 0.3) is 0 Å². The van der Waals surface area contributed by atoms with Gasteiger partial charge in [-0.05, 0) is 23.8 Å². The number of halogens is 3. The summed E-state index contributed by atoms with van der Waals surface area (Å²) in [5.74, 6) is 0.622. The van der Waals surface area contributed by atoms with Crippen LogP contribution in [0.15, 0.2) is 12.3 Å². The van der Waals surface area contributed by atoms with Crippen molar-refractivity contribution in [3.8, 4) is 5.75 Å². The lowest BCUT2D eigenvalue weighted by Crippen LogP contribution is -2.53. The van der Waals surface area contributed by atoms with E-state index in [1.54, 1.807) is 4.90 Å². The molecule has 2 heterocycles. The molecule has 0 bridgehead atoms. The first-order chi connectivity index (χ1) is 10.1. The van der Waals surface area contributed by atoms with E-state index in [-0.39, 0.29) is 17.0 Å². The first-order valence-corrected chi connectivity index (χ1v) is 7.53. The van der Waals surface area contributed by atoms with Gasteiger partial charge < -0.3 is 9.64 Å². The smallest absolute Gasteiger partial charge is 0.420 e. The monoisotopic (exact) mass is 316 g/mol. The Kier molecular flexibility index (Phi) is 4.59. The second-order valence-corrected chi connectivity index (χ2v) is 7.09. The van der Waals surface area contributed by atoms with Gasteiger partial charge in [0.2, 0.25) is 0 Å². The predicted molar refractivity (Wildman–Crippen MR) is 80.2 cm³/mol. The lowest BCUT2D eigenvalue weighted by Gasteiger charge is -2.47. The van der Waals surface area contributed by atoms with E-state index in [0.29, 0.717) is 25.6 Å². The molecule has 0 unspecified atom stereocenters. The van der Waals surface area contributed by atoms with E-state index in [9.17, 15) is 13.2 Å². The molecule has 1 fully saturated rings. The minimum absolute atomic E-state index is 0.00281. The summed E-state index contributed by atoms with van der Waals surface area (Å²) in [6, 6.07) is 1.06. The van der Waals surface area contributed by atoms with Gasteiger partial charge in [0.05, 0.1) is 12.8 Å². The van der Waals surface area contributed by atoms with Gasteiger partial charge in [0.15, 0.2) is 0 Å². The van der Waals surface area contributed by atoms with Gasteiger partial charge in [0.1, 0.15) is 17.1 Å². The van der Waals surface area contributed by atoms with Crippen molar-refractivity contribution in [1.29, 1.82) is 0 Å². The molecule has 0 atom stereocenters. The molecule has 1 aliphatic heterocycles. The molecule has 6 heteroatoms. The zero-order valence-electron chi connectivity index (χ0n) is 13.5. The van der Waals surface area contributed by atoms with Gasteiger partial charge in [0.25, 0.3) is 0 Å². The van der Waals surface area contributed by atoms with Crippen LogP contribution in [0.4, 0.5) is 19.0 Å². The summed E-state index contributed by atoms with van der Waals surface area (Å²) >= 11 is 0. The van der Waals surface area contributed by atoms with E-state index >= 15 is 0 Å². The molecule has 22 heavy (non-hydrogen) atoms. The number of hydrogen-bond acceptors (Lipinski definition) is 3. The Bertz CT molecular complexity index is 519. The Morgan fingerprint density at radius 3 is 2.45 bits per heavy atom. The number of rotatable bonds is 5. The quantitative estimate of drug-likeness (QED) is 0.806. The average molecular weight is 316 g/mol. The molecule has 0 amide bonds. The van der Waals surface area contributed by atoms with Gasteiger partial charge in [0, 0.05) is 13.1 Å². The van der Waals surface area contributed by atoms with Gasteiger partial charge in [-0.1, -0.05) is 27.7 Å². The molecule has 0 spiro atoms. The summed E-state index contributed by atoms with van der Waals surface area (Å²) in [7, 11) is 0. The average Bonchev–Trinajstić information content (AvgIpc) is 2.34. The molecule has 0 saturated carbocycles. The first-order valence-electron chi connectivity index (χ1n) is 7.53. The van der Waals surface area contributed by atoms with Crippen LogP contribution in [0.5, 0.6) is 5.75 Å². The molecular weight excluding hydrogens is 293 g/mol. The van der Waals surface area contributed by atoms with Crippen LogP contribution in [0.1, 0.15) is 39.7 Å². The van der Waals surface area contributed by atoms with Crippen molar-refractivity contribution < 1.29 is 17.9 Å². The van der Waals surface area contributed by atoms with Crippen molar-refractivity contribution in [2.24, 2.45) is 11.3 Å². The van der Waals surface area contributed by atoms with E-state index in [0.717, 1.165) is 12.5 Å². The molecular formula is C16H23F3N2O. The van der Waals surface area contributed by atoms with Crippen LogP contribution in [0.2, 0.25) is 0 Å². The number of anilines is 1. The summed E-state index contributed by atoms with van der Waals surface area (Å²) in [4.78, 5) is 5.68. The van der Waals surface area contributed by atoms with E-state index in [1.807, 2.05) is 27.7 Å². The minimum atomic E-state index is -4.43. The molecule has 124 valence electrons. The number of aromatic nitrogens is 1. The normalized spacial score (nSPS) is 17.5. The third kappa shape index (κ3) is 4.05. The van der Waals surface area contributed by atoms with Crippen LogP contribution in [-0.4, -0.2) is 24.7 Å². The summed E-state index contributed by atoms with van der Waals surface area (Å²) in [6.45, 7) is 9.69. The van der Waals surface area contributed by atoms with Gasteiger partial charge in [-0.15, -0.1) is 0 Å². The third-order valence-electron chi connectivity index (χ3n) is 3.65. The molecule has 0 N–H and O–H groups in total. The number of nitrogens with zero attached hydrogens (tertiary/aromatic N) is 2. The van der Waals surface area contributed by atoms with Crippen molar-refractivity contribution in [1.82, 2.24) is 4.98 Å². The summed E-state index contributed by atoms with van der Waals surface area (Å²) in [6.07, 6.45) is -2.25. The van der Waals surface area contributed by atoms with E-state index in [1.165, 1.54) is 6.20 Å². The summed E-state index contributed by atoms with van der Waals surface area (Å²) < 4.78 is 45.2. The second-order valence-electron chi connectivity index (χ2n) is 7.09. The number of pyridine rings is 1. The Hall–Kier alpha value is -1.46. The van der Waals surface area contributed by atoms with E-state index in [4.69, 9.17) is 4.74 Å². The van der Waals surface area contributed by atoms with Crippen molar-refractivity contribution >= 4 is 5.82 Å². The lowest BCUT2D eigenvalue weighted by molar-refractivity contribution is -0.137. The highest BCUT2D eigenvalue weighted by atomic mass is 19.4. The second kappa shape index (κ2) is 5.97. The Morgan fingerprint density at radius 1 is 1.32 bits per heavy atom. The zero-order chi connectivity index (χ0) is 16.5. The molecule has 3 nitrogen and oxygen atoms in total. The Balaban J connectivity index is 2.17. The Labute approximate surface area is 129 Å². The molecule has 2 rings (SSSR count). The van der Waals surface area contributed by atoms with Crippen molar-refractivity contribution in [2.75, 3.05) is 24.6 Å². The fourth-order valence-corrected chi connectivity index (χ4v) is 2.53. The van der Waals surface area contributed by atoms with Crippen LogP contribution in [0.3, 0.4) is 0 Å². The Morgan fingerprint density at radius 2 is 1.95 bits per heavy atom. The fraction of sp³-hybridized carbons (Fsp3) is 0.688. The topological polar surface area (TPSA) is 25.4 Å². The summed E-state index contributed by atoms with van der Waals surface area (Å²) in [5, 5.41) is 0. The van der Waals surface area contributed by atoms with Gasteiger partial charge >= 0.3 is 6.18 Å². The molecule has 1 aromatic rings. The third-order valence-corrected chi connectivity index (χ3v) is 3.65. The van der Waals surface area contributed by atoms with Gasteiger partial charge in [-0.3, -0.25) is 0 Å². The number of alkyl halides is 3. The highest BCUT2D eigenvalue weighted by Crippen LogP contribution is 2.41. The molecule has 1 saturated heterocycles.